The Morgan fingerprint density at radius 2 is 1.87 bits per heavy atom. The number of halogens is 2. The average Bonchev–Trinajstić information content (AvgIpc) is 2.53. The highest BCUT2D eigenvalue weighted by Crippen LogP contribution is 2.27. The van der Waals surface area contributed by atoms with Crippen LogP contribution in [-0.2, 0) is 16.4 Å². The molecule has 0 saturated carbocycles. The van der Waals surface area contributed by atoms with Crippen molar-refractivity contribution in [3.63, 3.8) is 0 Å². The molecule has 0 amide bonds. The van der Waals surface area contributed by atoms with Crippen LogP contribution in [0.5, 0.6) is 5.75 Å². The second-order valence-corrected chi connectivity index (χ2v) is 7.98. The van der Waals surface area contributed by atoms with Crippen molar-refractivity contribution in [2.75, 3.05) is 13.7 Å². The molecular weight excluding hydrogens is 402 g/mol. The van der Waals surface area contributed by atoms with E-state index in [2.05, 4.69) is 20.7 Å². The van der Waals surface area contributed by atoms with Gasteiger partial charge in [0, 0.05) is 11.6 Å². The number of hydrogen-bond acceptors (Lipinski definition) is 3. The van der Waals surface area contributed by atoms with Crippen LogP contribution in [0.25, 0.3) is 0 Å². The molecule has 0 radical (unpaired) electrons. The topological polar surface area (TPSA) is 55.4 Å². The second-order valence-electron chi connectivity index (χ2n) is 4.92. The largest absolute Gasteiger partial charge is 0.496 e. The Morgan fingerprint density at radius 1 is 1.17 bits per heavy atom. The van der Waals surface area contributed by atoms with Crippen LogP contribution in [-0.4, -0.2) is 22.1 Å². The van der Waals surface area contributed by atoms with Crippen molar-refractivity contribution in [1.29, 1.82) is 0 Å². The van der Waals surface area contributed by atoms with Crippen LogP contribution in [0.2, 0.25) is 5.02 Å². The normalized spacial score (nSPS) is 11.4. The summed E-state index contributed by atoms with van der Waals surface area (Å²) < 4.78 is 32.8. The van der Waals surface area contributed by atoms with E-state index < -0.39 is 10.0 Å². The summed E-state index contributed by atoms with van der Waals surface area (Å²) in [6.07, 6.45) is 1.49. The zero-order valence-electron chi connectivity index (χ0n) is 12.6. The second kappa shape index (κ2) is 8.15. The zero-order valence-corrected chi connectivity index (χ0v) is 15.7. The molecule has 2 rings (SSSR count). The van der Waals surface area contributed by atoms with Crippen LogP contribution >= 0.6 is 27.5 Å². The highest BCUT2D eigenvalue weighted by molar-refractivity contribution is 9.10. The molecule has 0 atom stereocenters. The Kier molecular flexibility index (Phi) is 6.47. The van der Waals surface area contributed by atoms with Crippen LogP contribution in [0.15, 0.2) is 51.8 Å². The Bertz CT molecular complexity index is 763. The van der Waals surface area contributed by atoms with Crippen molar-refractivity contribution in [3.05, 3.63) is 57.5 Å². The number of sulfonamides is 1. The zero-order chi connectivity index (χ0) is 16.9. The number of methoxy groups -OCH3 is 1. The van der Waals surface area contributed by atoms with Crippen molar-refractivity contribution < 1.29 is 13.2 Å². The summed E-state index contributed by atoms with van der Waals surface area (Å²) in [5, 5.41) is 0.694. The predicted octanol–water partition coefficient (Wildman–Crippen LogP) is 4.02. The molecule has 0 fully saturated rings. The first-order chi connectivity index (χ1) is 10.9. The molecule has 0 spiro atoms. The highest BCUT2D eigenvalue weighted by Gasteiger charge is 2.15. The third-order valence-corrected chi connectivity index (χ3v) is 5.61. The summed E-state index contributed by atoms with van der Waals surface area (Å²) >= 11 is 9.12. The van der Waals surface area contributed by atoms with Gasteiger partial charge >= 0.3 is 0 Å². The third-order valence-electron chi connectivity index (χ3n) is 3.28. The SMILES string of the molecule is COc1ccc(S(=O)(=O)NCCCc2ccc(Cl)cc2)cc1Br. The lowest BCUT2D eigenvalue weighted by Crippen LogP contribution is -2.25. The lowest BCUT2D eigenvalue weighted by Gasteiger charge is -2.09. The van der Waals surface area contributed by atoms with Gasteiger partial charge in [0.15, 0.2) is 0 Å². The number of rotatable bonds is 7. The highest BCUT2D eigenvalue weighted by atomic mass is 79.9. The van der Waals surface area contributed by atoms with Crippen LogP contribution in [0, 0.1) is 0 Å². The molecule has 0 saturated heterocycles. The third kappa shape index (κ3) is 5.21. The fraction of sp³-hybridized carbons (Fsp3) is 0.250. The molecule has 0 aliphatic rings. The minimum absolute atomic E-state index is 0.205. The number of nitrogens with one attached hydrogen (secondary N) is 1. The molecule has 4 nitrogen and oxygen atoms in total. The standard InChI is InChI=1S/C16H17BrClNO3S/c1-22-16-9-8-14(11-15(16)17)23(20,21)19-10-2-3-12-4-6-13(18)7-5-12/h4-9,11,19H,2-3,10H2,1H3. The fourth-order valence-corrected chi connectivity index (χ4v) is 3.97. The summed E-state index contributed by atoms with van der Waals surface area (Å²) in [6.45, 7) is 0.370. The van der Waals surface area contributed by atoms with E-state index in [0.717, 1.165) is 12.0 Å². The van der Waals surface area contributed by atoms with Gasteiger partial charge in [0.2, 0.25) is 10.0 Å². The molecule has 2 aromatic rings. The Morgan fingerprint density at radius 3 is 2.48 bits per heavy atom. The minimum atomic E-state index is -3.53. The Labute approximate surface area is 150 Å². The van der Waals surface area contributed by atoms with Crippen molar-refractivity contribution in [3.8, 4) is 5.75 Å². The van der Waals surface area contributed by atoms with E-state index in [0.29, 0.717) is 28.2 Å². The first-order valence-corrected chi connectivity index (χ1v) is 9.65. The van der Waals surface area contributed by atoms with E-state index in [-0.39, 0.29) is 4.90 Å². The van der Waals surface area contributed by atoms with E-state index in [1.165, 1.54) is 19.2 Å². The van der Waals surface area contributed by atoms with E-state index in [9.17, 15) is 8.42 Å². The van der Waals surface area contributed by atoms with Crippen LogP contribution in [0.3, 0.4) is 0 Å². The molecule has 0 aliphatic carbocycles. The molecule has 23 heavy (non-hydrogen) atoms. The number of benzene rings is 2. The van der Waals surface area contributed by atoms with Gasteiger partial charge in [-0.15, -0.1) is 0 Å². The maximum atomic E-state index is 12.2. The maximum absolute atomic E-state index is 12.2. The van der Waals surface area contributed by atoms with Crippen molar-refractivity contribution >= 4 is 37.6 Å². The molecule has 124 valence electrons. The summed E-state index contributed by atoms with van der Waals surface area (Å²) in [5.74, 6) is 0.590. The first-order valence-electron chi connectivity index (χ1n) is 7.00. The van der Waals surface area contributed by atoms with Gasteiger partial charge in [0.1, 0.15) is 5.75 Å². The van der Waals surface area contributed by atoms with Gasteiger partial charge in [0.05, 0.1) is 16.5 Å². The van der Waals surface area contributed by atoms with Gasteiger partial charge in [-0.2, -0.15) is 0 Å². The number of ether oxygens (including phenoxy) is 1. The minimum Gasteiger partial charge on any atom is -0.496 e. The molecular formula is C16H17BrClNO3S. The monoisotopic (exact) mass is 417 g/mol. The van der Waals surface area contributed by atoms with E-state index in [1.54, 1.807) is 6.07 Å². The number of hydrogen-bond donors (Lipinski definition) is 1. The van der Waals surface area contributed by atoms with Gasteiger partial charge in [-0.05, 0) is 64.7 Å². The molecule has 1 N–H and O–H groups in total. The first kappa shape index (κ1) is 18.3. The van der Waals surface area contributed by atoms with Crippen molar-refractivity contribution in [1.82, 2.24) is 4.72 Å². The molecule has 0 aromatic heterocycles. The lowest BCUT2D eigenvalue weighted by atomic mass is 10.1. The fourth-order valence-electron chi connectivity index (χ4n) is 2.05. The smallest absolute Gasteiger partial charge is 0.240 e. The molecule has 0 unspecified atom stereocenters. The van der Waals surface area contributed by atoms with E-state index in [1.807, 2.05) is 24.3 Å². The molecule has 0 bridgehead atoms. The molecule has 0 aliphatic heterocycles. The average molecular weight is 419 g/mol. The number of aryl methyl sites for hydroxylation is 1. The maximum Gasteiger partial charge on any atom is 0.240 e. The summed E-state index contributed by atoms with van der Waals surface area (Å²) in [5.41, 5.74) is 1.13. The van der Waals surface area contributed by atoms with Crippen molar-refractivity contribution in [2.24, 2.45) is 0 Å². The molecule has 0 heterocycles. The summed E-state index contributed by atoms with van der Waals surface area (Å²) in [6, 6.07) is 12.2. The molecule has 2 aromatic carbocycles. The Balaban J connectivity index is 1.91. The summed E-state index contributed by atoms with van der Waals surface area (Å²) in [4.78, 5) is 0.205. The summed E-state index contributed by atoms with van der Waals surface area (Å²) in [7, 11) is -1.99. The van der Waals surface area contributed by atoms with Gasteiger partial charge in [-0.25, -0.2) is 13.1 Å². The van der Waals surface area contributed by atoms with Crippen molar-refractivity contribution in [2.45, 2.75) is 17.7 Å². The van der Waals surface area contributed by atoms with Gasteiger partial charge < -0.3 is 4.74 Å². The van der Waals surface area contributed by atoms with Gasteiger partial charge in [-0.1, -0.05) is 23.7 Å². The van der Waals surface area contributed by atoms with E-state index >= 15 is 0 Å². The van der Waals surface area contributed by atoms with E-state index in [4.69, 9.17) is 16.3 Å². The van der Waals surface area contributed by atoms with Gasteiger partial charge in [0.25, 0.3) is 0 Å². The Hall–Kier alpha value is -1.08. The van der Waals surface area contributed by atoms with Crippen LogP contribution < -0.4 is 9.46 Å². The van der Waals surface area contributed by atoms with Crippen LogP contribution in [0.1, 0.15) is 12.0 Å². The lowest BCUT2D eigenvalue weighted by molar-refractivity contribution is 0.411. The van der Waals surface area contributed by atoms with Crippen LogP contribution in [0.4, 0.5) is 0 Å². The predicted molar refractivity (Wildman–Crippen MR) is 95.7 cm³/mol. The quantitative estimate of drug-likeness (QED) is 0.691. The van der Waals surface area contributed by atoms with Gasteiger partial charge in [-0.3, -0.25) is 0 Å². The molecule has 7 heteroatoms.